The fraction of sp³-hybridized carbons (Fsp3) is 0.357. The molecule has 100 valence electrons. The lowest BCUT2D eigenvalue weighted by atomic mass is 9.76. The van der Waals surface area contributed by atoms with Crippen molar-refractivity contribution in [3.63, 3.8) is 0 Å². The van der Waals surface area contributed by atoms with Gasteiger partial charge in [-0.05, 0) is 24.6 Å². The van der Waals surface area contributed by atoms with E-state index in [2.05, 4.69) is 0 Å². The molecule has 5 nitrogen and oxygen atoms in total. The number of phenolic OH excluding ortho intramolecular Hbond substituents is 1. The van der Waals surface area contributed by atoms with Crippen molar-refractivity contribution < 1.29 is 24.9 Å². The number of carbonyl (C=O) groups excluding carboxylic acids is 1. The summed E-state index contributed by atoms with van der Waals surface area (Å²) in [7, 11) is 0. The normalized spacial score (nSPS) is 33.0. The number of hydrogen-bond donors (Lipinski definition) is 3. The van der Waals surface area contributed by atoms with Crippen LogP contribution in [0.1, 0.15) is 36.7 Å². The van der Waals surface area contributed by atoms with Gasteiger partial charge in [0.15, 0.2) is 5.60 Å². The van der Waals surface area contributed by atoms with Crippen molar-refractivity contribution in [2.45, 2.75) is 31.2 Å². The molecule has 3 atom stereocenters. The molecule has 3 rings (SSSR count). The topological polar surface area (TPSA) is 87.0 Å². The molecule has 0 bridgehead atoms. The number of aromatic hydroxyl groups is 1. The molecule has 0 aromatic heterocycles. The summed E-state index contributed by atoms with van der Waals surface area (Å²) in [6.07, 6.45) is -0.508. The van der Waals surface area contributed by atoms with Crippen molar-refractivity contribution in [1.82, 2.24) is 0 Å². The van der Waals surface area contributed by atoms with Gasteiger partial charge in [0.05, 0.1) is 6.10 Å². The Bertz CT molecular complexity index is 591. The van der Waals surface area contributed by atoms with E-state index >= 15 is 0 Å². The summed E-state index contributed by atoms with van der Waals surface area (Å²) in [5.74, 6) is -0.557. The van der Waals surface area contributed by atoms with Crippen LogP contribution in [0.4, 0.5) is 0 Å². The zero-order valence-electron chi connectivity index (χ0n) is 10.3. The van der Waals surface area contributed by atoms with Crippen LogP contribution in [0.3, 0.4) is 0 Å². The molecule has 1 aromatic rings. The Morgan fingerprint density at radius 2 is 2.11 bits per heavy atom. The Morgan fingerprint density at radius 3 is 2.74 bits per heavy atom. The Balaban J connectivity index is 2.14. The second kappa shape index (κ2) is 3.82. The van der Waals surface area contributed by atoms with E-state index in [0.717, 1.165) is 0 Å². The summed E-state index contributed by atoms with van der Waals surface area (Å²) < 4.78 is 5.26. The average Bonchev–Trinajstić information content (AvgIpc) is 2.62. The predicted octanol–water partition coefficient (Wildman–Crippen LogP) is 1.10. The van der Waals surface area contributed by atoms with Crippen molar-refractivity contribution in [3.8, 4) is 5.75 Å². The zero-order valence-corrected chi connectivity index (χ0v) is 10.3. The van der Waals surface area contributed by atoms with E-state index in [1.807, 2.05) is 0 Å². The molecular formula is C14H14O5. The molecule has 1 aromatic carbocycles. The quantitative estimate of drug-likeness (QED) is 0.609. The van der Waals surface area contributed by atoms with Gasteiger partial charge in [0.2, 0.25) is 0 Å². The highest BCUT2D eigenvalue weighted by atomic mass is 16.6. The summed E-state index contributed by atoms with van der Waals surface area (Å²) in [5, 5.41) is 30.4. The fourth-order valence-electron chi connectivity index (χ4n) is 2.89. The van der Waals surface area contributed by atoms with Crippen LogP contribution in [-0.4, -0.2) is 26.9 Å². The lowest BCUT2D eigenvalue weighted by Crippen LogP contribution is -2.41. The zero-order chi connectivity index (χ0) is 13.8. The lowest BCUT2D eigenvalue weighted by Gasteiger charge is -2.39. The minimum atomic E-state index is -1.23. The van der Waals surface area contributed by atoms with Crippen LogP contribution in [0.5, 0.6) is 5.75 Å². The smallest absolute Gasteiger partial charge is 0.334 e. The molecule has 0 saturated heterocycles. The van der Waals surface area contributed by atoms with Crippen molar-refractivity contribution in [3.05, 3.63) is 41.0 Å². The number of aliphatic hydroxyl groups excluding tert-OH is 2. The predicted molar refractivity (Wildman–Crippen MR) is 65.2 cm³/mol. The van der Waals surface area contributed by atoms with Gasteiger partial charge in [0, 0.05) is 17.6 Å². The molecule has 0 amide bonds. The molecule has 5 heteroatoms. The van der Waals surface area contributed by atoms with Crippen LogP contribution >= 0.6 is 0 Å². The highest BCUT2D eigenvalue weighted by Crippen LogP contribution is 2.50. The second-order valence-corrected chi connectivity index (χ2v) is 5.07. The van der Waals surface area contributed by atoms with Crippen LogP contribution in [0.25, 0.3) is 0 Å². The first-order chi connectivity index (χ1) is 8.94. The van der Waals surface area contributed by atoms with Gasteiger partial charge in [-0.15, -0.1) is 0 Å². The Morgan fingerprint density at radius 1 is 1.37 bits per heavy atom. The largest absolute Gasteiger partial charge is 0.508 e. The highest BCUT2D eigenvalue weighted by molar-refractivity contribution is 5.91. The van der Waals surface area contributed by atoms with E-state index in [4.69, 9.17) is 4.74 Å². The Labute approximate surface area is 109 Å². The molecule has 1 aliphatic heterocycles. The molecular weight excluding hydrogens is 248 g/mol. The SMILES string of the molecule is CC1=C[C@]2(C[C@@H](O)c3c(O)cccc3[C@@H]2O)OC1=O. The number of hydrogen-bond acceptors (Lipinski definition) is 5. The fourth-order valence-corrected chi connectivity index (χ4v) is 2.89. The Hall–Kier alpha value is -1.85. The van der Waals surface area contributed by atoms with Crippen LogP contribution in [-0.2, 0) is 9.53 Å². The van der Waals surface area contributed by atoms with Gasteiger partial charge in [-0.3, -0.25) is 0 Å². The average molecular weight is 262 g/mol. The minimum Gasteiger partial charge on any atom is -0.508 e. The summed E-state index contributed by atoms with van der Waals surface area (Å²) in [4.78, 5) is 11.5. The van der Waals surface area contributed by atoms with Crippen molar-refractivity contribution in [2.24, 2.45) is 0 Å². The van der Waals surface area contributed by atoms with E-state index in [0.29, 0.717) is 16.7 Å². The number of ether oxygens (including phenoxy) is 1. The number of esters is 1. The van der Waals surface area contributed by atoms with Gasteiger partial charge in [0.1, 0.15) is 11.9 Å². The molecule has 1 aliphatic carbocycles. The first-order valence-corrected chi connectivity index (χ1v) is 6.05. The van der Waals surface area contributed by atoms with E-state index in [1.54, 1.807) is 25.1 Å². The van der Waals surface area contributed by atoms with Crippen LogP contribution in [0.2, 0.25) is 0 Å². The van der Waals surface area contributed by atoms with Gasteiger partial charge in [0.25, 0.3) is 0 Å². The number of fused-ring (bicyclic) bond motifs is 1. The van der Waals surface area contributed by atoms with E-state index in [-0.39, 0.29) is 12.2 Å². The number of benzene rings is 1. The molecule has 0 fully saturated rings. The lowest BCUT2D eigenvalue weighted by molar-refractivity contribution is -0.162. The minimum absolute atomic E-state index is 0.0296. The maximum atomic E-state index is 11.5. The summed E-state index contributed by atoms with van der Waals surface area (Å²) >= 11 is 0. The third-order valence-corrected chi connectivity index (χ3v) is 3.79. The third kappa shape index (κ3) is 1.59. The molecule has 0 radical (unpaired) electrons. The van der Waals surface area contributed by atoms with Gasteiger partial charge in [-0.25, -0.2) is 4.79 Å². The second-order valence-electron chi connectivity index (χ2n) is 5.07. The third-order valence-electron chi connectivity index (χ3n) is 3.79. The summed E-state index contributed by atoms with van der Waals surface area (Å²) in [6, 6.07) is 4.64. The highest BCUT2D eigenvalue weighted by Gasteiger charge is 2.51. The molecule has 1 spiro atoms. The standard InChI is InChI=1S/C14H14O5/c1-7-5-14(19-13(7)18)6-10(16)11-8(12(14)17)3-2-4-9(11)15/h2-5,10,12,15-17H,6H2,1H3/t10-,12+,14-/m1/s1. The molecule has 3 N–H and O–H groups in total. The first-order valence-electron chi connectivity index (χ1n) is 6.05. The first kappa shape index (κ1) is 12.2. The molecule has 2 aliphatic rings. The maximum absolute atomic E-state index is 11.5. The molecule has 19 heavy (non-hydrogen) atoms. The van der Waals surface area contributed by atoms with Crippen molar-refractivity contribution in [1.29, 1.82) is 0 Å². The summed E-state index contributed by atoms with van der Waals surface area (Å²) in [5.41, 5.74) is -0.136. The number of aliphatic hydroxyl groups is 2. The van der Waals surface area contributed by atoms with Gasteiger partial charge in [-0.1, -0.05) is 12.1 Å². The molecule has 0 saturated carbocycles. The van der Waals surface area contributed by atoms with Crippen LogP contribution in [0.15, 0.2) is 29.8 Å². The van der Waals surface area contributed by atoms with Gasteiger partial charge in [-0.2, -0.15) is 0 Å². The summed E-state index contributed by atoms with van der Waals surface area (Å²) in [6.45, 7) is 1.61. The van der Waals surface area contributed by atoms with Crippen molar-refractivity contribution in [2.75, 3.05) is 0 Å². The molecule has 1 heterocycles. The van der Waals surface area contributed by atoms with E-state index in [9.17, 15) is 20.1 Å². The monoisotopic (exact) mass is 262 g/mol. The number of carbonyl (C=O) groups is 1. The maximum Gasteiger partial charge on any atom is 0.334 e. The van der Waals surface area contributed by atoms with Gasteiger partial charge >= 0.3 is 5.97 Å². The van der Waals surface area contributed by atoms with Crippen LogP contribution in [0, 0.1) is 0 Å². The van der Waals surface area contributed by atoms with E-state index < -0.39 is 23.8 Å². The molecule has 0 unspecified atom stereocenters. The number of rotatable bonds is 0. The Kier molecular flexibility index (Phi) is 2.45. The van der Waals surface area contributed by atoms with Gasteiger partial charge < -0.3 is 20.1 Å². The van der Waals surface area contributed by atoms with Crippen LogP contribution < -0.4 is 0 Å². The van der Waals surface area contributed by atoms with E-state index in [1.165, 1.54) is 6.07 Å². The number of phenols is 1. The van der Waals surface area contributed by atoms with Crippen molar-refractivity contribution >= 4 is 5.97 Å².